The average Bonchev–Trinajstić information content (AvgIpc) is 2.88. The molecule has 0 aliphatic carbocycles. The van der Waals surface area contributed by atoms with E-state index in [1.807, 2.05) is 0 Å². The second kappa shape index (κ2) is 5.84. The number of hydrogen-bond acceptors (Lipinski definition) is 8. The van der Waals surface area contributed by atoms with E-state index in [4.69, 9.17) is 5.73 Å². The summed E-state index contributed by atoms with van der Waals surface area (Å²) in [6, 6.07) is 5.82. The molecule has 0 atom stereocenters. The highest BCUT2D eigenvalue weighted by Gasteiger charge is 2.12. The van der Waals surface area contributed by atoms with Crippen LogP contribution in [0.3, 0.4) is 0 Å². The number of carbonyl (C=O) groups excluding carboxylic acids is 1. The maximum absolute atomic E-state index is 11.0. The van der Waals surface area contributed by atoms with E-state index in [2.05, 4.69) is 20.1 Å². The van der Waals surface area contributed by atoms with Gasteiger partial charge in [-0.1, -0.05) is 4.49 Å². The monoisotopic (exact) mass is 292 g/mol. The van der Waals surface area contributed by atoms with Crippen molar-refractivity contribution in [1.29, 1.82) is 0 Å². The number of nitrogens with one attached hydrogen (secondary N) is 1. The average molecular weight is 292 g/mol. The Bertz CT molecular complexity index is 666. The number of benzene rings is 1. The number of carbonyl (C=O) groups is 1. The molecule has 0 bridgehead atoms. The number of nitro benzene ring substituents is 1. The van der Waals surface area contributed by atoms with Gasteiger partial charge in [-0.2, -0.15) is 5.10 Å². The van der Waals surface area contributed by atoms with Crippen molar-refractivity contribution in [3.63, 3.8) is 0 Å². The first-order valence-corrected chi connectivity index (χ1v) is 6.01. The fourth-order valence-corrected chi connectivity index (χ4v) is 1.80. The minimum Gasteiger partial charge on any atom is -0.364 e. The van der Waals surface area contributed by atoms with Crippen molar-refractivity contribution in [3.8, 4) is 0 Å². The number of non-ortho nitro benzene ring substituents is 1. The molecule has 10 heteroatoms. The standard InChI is InChI=1S/C10H8N6O3S/c11-9(17)8-10(20-15-13-8)14-12-5-6-1-3-7(4-2-6)16(18)19/h1-5,14H,(H2,11,17). The van der Waals surface area contributed by atoms with Gasteiger partial charge in [-0.15, -0.1) is 5.10 Å². The zero-order valence-electron chi connectivity index (χ0n) is 9.89. The van der Waals surface area contributed by atoms with Crippen molar-refractivity contribution in [2.75, 3.05) is 5.43 Å². The van der Waals surface area contributed by atoms with E-state index in [0.29, 0.717) is 10.6 Å². The molecule has 0 saturated heterocycles. The third-order valence-electron chi connectivity index (χ3n) is 2.21. The number of hydrazone groups is 1. The first kappa shape index (κ1) is 13.5. The molecule has 1 amide bonds. The molecule has 0 unspecified atom stereocenters. The third kappa shape index (κ3) is 3.11. The van der Waals surface area contributed by atoms with Gasteiger partial charge in [0.05, 0.1) is 11.1 Å². The predicted molar refractivity (Wildman–Crippen MR) is 72.7 cm³/mol. The van der Waals surface area contributed by atoms with Gasteiger partial charge in [0, 0.05) is 23.7 Å². The molecule has 0 fully saturated rings. The highest BCUT2D eigenvalue weighted by atomic mass is 32.1. The fraction of sp³-hybridized carbons (Fsp3) is 0. The van der Waals surface area contributed by atoms with Crippen LogP contribution in [-0.2, 0) is 0 Å². The van der Waals surface area contributed by atoms with Crippen molar-refractivity contribution in [3.05, 3.63) is 45.6 Å². The predicted octanol–water partition coefficient (Wildman–Crippen LogP) is 0.991. The van der Waals surface area contributed by atoms with Crippen LogP contribution in [0.4, 0.5) is 10.7 Å². The van der Waals surface area contributed by atoms with E-state index in [1.54, 1.807) is 12.1 Å². The van der Waals surface area contributed by atoms with Crippen LogP contribution in [0.1, 0.15) is 16.1 Å². The molecule has 2 aromatic rings. The van der Waals surface area contributed by atoms with Gasteiger partial charge in [-0.05, 0) is 17.7 Å². The number of hydrogen-bond donors (Lipinski definition) is 2. The summed E-state index contributed by atoms with van der Waals surface area (Å²) in [5.41, 5.74) is 8.35. The second-order valence-electron chi connectivity index (χ2n) is 3.53. The summed E-state index contributed by atoms with van der Waals surface area (Å²) >= 11 is 0.943. The maximum atomic E-state index is 11.0. The molecule has 1 aromatic carbocycles. The summed E-state index contributed by atoms with van der Waals surface area (Å²) in [4.78, 5) is 21.0. The summed E-state index contributed by atoms with van der Waals surface area (Å²) < 4.78 is 3.58. The van der Waals surface area contributed by atoms with Gasteiger partial charge in [0.2, 0.25) is 0 Å². The van der Waals surface area contributed by atoms with Crippen LogP contribution in [0, 0.1) is 10.1 Å². The van der Waals surface area contributed by atoms with E-state index in [0.717, 1.165) is 11.5 Å². The Hall–Kier alpha value is -2.88. The first-order chi connectivity index (χ1) is 9.58. The van der Waals surface area contributed by atoms with Gasteiger partial charge in [-0.25, -0.2) is 0 Å². The van der Waals surface area contributed by atoms with Crippen LogP contribution in [0.5, 0.6) is 0 Å². The molecule has 0 saturated carbocycles. The lowest BCUT2D eigenvalue weighted by Crippen LogP contribution is -2.13. The summed E-state index contributed by atoms with van der Waals surface area (Å²) in [7, 11) is 0. The van der Waals surface area contributed by atoms with Gasteiger partial charge in [0.15, 0.2) is 10.7 Å². The molecule has 3 N–H and O–H groups in total. The Morgan fingerprint density at radius 2 is 2.15 bits per heavy atom. The Labute approximate surface area is 116 Å². The Morgan fingerprint density at radius 1 is 1.45 bits per heavy atom. The minimum absolute atomic E-state index is 0.00205. The quantitative estimate of drug-likeness (QED) is 0.479. The van der Waals surface area contributed by atoms with E-state index < -0.39 is 10.8 Å². The number of nitrogens with zero attached hydrogens (tertiary/aromatic N) is 4. The molecule has 0 radical (unpaired) electrons. The normalized spacial score (nSPS) is 10.6. The highest BCUT2D eigenvalue weighted by molar-refractivity contribution is 7.10. The van der Waals surface area contributed by atoms with Crippen LogP contribution < -0.4 is 11.2 Å². The highest BCUT2D eigenvalue weighted by Crippen LogP contribution is 2.16. The van der Waals surface area contributed by atoms with Crippen molar-refractivity contribution < 1.29 is 9.72 Å². The lowest BCUT2D eigenvalue weighted by Gasteiger charge is -1.96. The number of primary amides is 1. The van der Waals surface area contributed by atoms with Crippen molar-refractivity contribution in [2.45, 2.75) is 0 Å². The number of nitro groups is 1. The SMILES string of the molecule is NC(=O)c1nnsc1NN=Cc1ccc([N+](=O)[O-])cc1. The van der Waals surface area contributed by atoms with E-state index in [-0.39, 0.29) is 11.4 Å². The molecule has 0 aliphatic heterocycles. The third-order valence-corrected chi connectivity index (χ3v) is 2.84. The van der Waals surface area contributed by atoms with Crippen LogP contribution in [-0.4, -0.2) is 26.6 Å². The number of aromatic nitrogens is 2. The maximum Gasteiger partial charge on any atom is 0.272 e. The van der Waals surface area contributed by atoms with E-state index >= 15 is 0 Å². The van der Waals surface area contributed by atoms with Crippen molar-refractivity contribution in [1.82, 2.24) is 9.59 Å². The Balaban J connectivity index is 2.04. The topological polar surface area (TPSA) is 136 Å². The smallest absolute Gasteiger partial charge is 0.272 e. The van der Waals surface area contributed by atoms with Crippen LogP contribution >= 0.6 is 11.5 Å². The molecule has 1 aromatic heterocycles. The van der Waals surface area contributed by atoms with Crippen molar-refractivity contribution >= 4 is 34.3 Å². The summed E-state index contributed by atoms with van der Waals surface area (Å²) in [5.74, 6) is -0.702. The molecular formula is C10H8N6O3S. The zero-order chi connectivity index (χ0) is 14.5. The van der Waals surface area contributed by atoms with E-state index in [9.17, 15) is 14.9 Å². The molecule has 0 aliphatic rings. The van der Waals surface area contributed by atoms with Crippen LogP contribution in [0.2, 0.25) is 0 Å². The van der Waals surface area contributed by atoms with Gasteiger partial charge >= 0.3 is 0 Å². The van der Waals surface area contributed by atoms with Gasteiger partial charge in [0.25, 0.3) is 11.6 Å². The minimum atomic E-state index is -0.702. The zero-order valence-corrected chi connectivity index (χ0v) is 10.7. The molecule has 0 spiro atoms. The molecule has 2 rings (SSSR count). The molecule has 1 heterocycles. The number of anilines is 1. The second-order valence-corrected chi connectivity index (χ2v) is 4.29. The number of amides is 1. The van der Waals surface area contributed by atoms with Gasteiger partial charge in [0.1, 0.15) is 0 Å². The molecule has 20 heavy (non-hydrogen) atoms. The summed E-state index contributed by atoms with van der Waals surface area (Å²) in [6.07, 6.45) is 1.44. The van der Waals surface area contributed by atoms with Crippen LogP contribution in [0.25, 0.3) is 0 Å². The van der Waals surface area contributed by atoms with Gasteiger partial charge in [-0.3, -0.25) is 20.3 Å². The molecular weight excluding hydrogens is 284 g/mol. The molecule has 9 nitrogen and oxygen atoms in total. The fourth-order valence-electron chi connectivity index (χ4n) is 1.27. The first-order valence-electron chi connectivity index (χ1n) is 5.23. The van der Waals surface area contributed by atoms with E-state index in [1.165, 1.54) is 18.3 Å². The summed E-state index contributed by atoms with van der Waals surface area (Å²) in [5, 5.41) is 18.3. The molecule has 102 valence electrons. The lowest BCUT2D eigenvalue weighted by molar-refractivity contribution is -0.384. The largest absolute Gasteiger partial charge is 0.364 e. The lowest BCUT2D eigenvalue weighted by atomic mass is 10.2. The van der Waals surface area contributed by atoms with Gasteiger partial charge < -0.3 is 5.73 Å². The summed E-state index contributed by atoms with van der Waals surface area (Å²) in [6.45, 7) is 0. The number of rotatable bonds is 5. The Kier molecular flexibility index (Phi) is 3.96. The number of nitrogens with two attached hydrogens (primary N) is 1. The van der Waals surface area contributed by atoms with Crippen LogP contribution in [0.15, 0.2) is 29.4 Å². The Morgan fingerprint density at radius 3 is 2.75 bits per heavy atom. The van der Waals surface area contributed by atoms with Crippen molar-refractivity contribution in [2.24, 2.45) is 10.8 Å².